The van der Waals surface area contributed by atoms with Crippen molar-refractivity contribution in [1.82, 2.24) is 4.90 Å². The molecule has 2 nitrogen and oxygen atoms in total. The lowest BCUT2D eigenvalue weighted by molar-refractivity contribution is 0.219. The molecule has 0 spiro atoms. The van der Waals surface area contributed by atoms with Crippen molar-refractivity contribution < 1.29 is 0 Å². The minimum atomic E-state index is 0.272. The van der Waals surface area contributed by atoms with Gasteiger partial charge in [-0.3, -0.25) is 4.90 Å². The Bertz CT molecular complexity index is 155. The minimum absolute atomic E-state index is 0.272. The molecule has 54 valence electrons. The molecule has 0 aliphatic carbocycles. The van der Waals surface area contributed by atoms with Crippen molar-refractivity contribution in [2.75, 3.05) is 13.1 Å². The lowest BCUT2D eigenvalue weighted by atomic mass is 9.93. The van der Waals surface area contributed by atoms with Gasteiger partial charge in [-0.15, -0.1) is 0 Å². The van der Waals surface area contributed by atoms with Crippen LogP contribution in [0.2, 0.25) is 0 Å². The summed E-state index contributed by atoms with van der Waals surface area (Å²) in [5.74, 6) is 0.707. The van der Waals surface area contributed by atoms with E-state index >= 15 is 0 Å². The van der Waals surface area contributed by atoms with Crippen molar-refractivity contribution >= 4 is 0 Å². The normalized spacial score (nSPS) is 44.9. The summed E-state index contributed by atoms with van der Waals surface area (Å²) >= 11 is 0. The second-order valence-corrected chi connectivity index (χ2v) is 3.30. The Labute approximate surface area is 61.4 Å². The van der Waals surface area contributed by atoms with Gasteiger partial charge in [0.2, 0.25) is 0 Å². The highest BCUT2D eigenvalue weighted by Gasteiger charge is 2.36. The topological polar surface area (TPSA) is 27.0 Å². The zero-order chi connectivity index (χ0) is 6.97. The van der Waals surface area contributed by atoms with Crippen molar-refractivity contribution in [2.24, 2.45) is 5.92 Å². The smallest absolute Gasteiger partial charge is 0.101 e. The van der Waals surface area contributed by atoms with Gasteiger partial charge in [-0.05, 0) is 38.3 Å². The Morgan fingerprint density at radius 2 is 2.20 bits per heavy atom. The largest absolute Gasteiger partial charge is 0.288 e. The van der Waals surface area contributed by atoms with Gasteiger partial charge >= 0.3 is 0 Å². The van der Waals surface area contributed by atoms with E-state index in [-0.39, 0.29) is 6.04 Å². The van der Waals surface area contributed by atoms with Gasteiger partial charge in [0.05, 0.1) is 6.07 Å². The third kappa shape index (κ3) is 0.741. The molecule has 0 aromatic heterocycles. The lowest BCUT2D eigenvalue weighted by Gasteiger charge is -2.27. The summed E-state index contributed by atoms with van der Waals surface area (Å²) in [4.78, 5) is 2.33. The Morgan fingerprint density at radius 1 is 1.30 bits per heavy atom. The van der Waals surface area contributed by atoms with Gasteiger partial charge in [-0.2, -0.15) is 5.26 Å². The summed E-state index contributed by atoms with van der Waals surface area (Å²) in [7, 11) is 0. The second kappa shape index (κ2) is 2.25. The van der Waals surface area contributed by atoms with Crippen molar-refractivity contribution in [3.63, 3.8) is 0 Å². The van der Waals surface area contributed by atoms with Crippen molar-refractivity contribution in [3.05, 3.63) is 0 Å². The van der Waals surface area contributed by atoms with Gasteiger partial charge in [-0.25, -0.2) is 0 Å². The first-order chi connectivity index (χ1) is 4.92. The molecule has 3 atom stereocenters. The van der Waals surface area contributed by atoms with Crippen LogP contribution >= 0.6 is 0 Å². The predicted octanol–water partition coefficient (Wildman–Crippen LogP) is 0.994. The zero-order valence-corrected chi connectivity index (χ0v) is 6.08. The van der Waals surface area contributed by atoms with E-state index in [0.717, 1.165) is 6.54 Å². The molecule has 2 aliphatic heterocycles. The highest BCUT2D eigenvalue weighted by atomic mass is 15.2. The first kappa shape index (κ1) is 6.18. The standard InChI is InChI=1S/C8H12N2/c9-6-8-7-2-1-4-10(8)5-3-7/h7-8H,1-5H2. The van der Waals surface area contributed by atoms with Crippen LogP contribution in [0, 0.1) is 17.2 Å². The summed E-state index contributed by atoms with van der Waals surface area (Å²) in [6, 6.07) is 2.66. The van der Waals surface area contributed by atoms with Crippen molar-refractivity contribution in [3.8, 4) is 6.07 Å². The second-order valence-electron chi connectivity index (χ2n) is 3.30. The summed E-state index contributed by atoms with van der Waals surface area (Å²) in [5, 5.41) is 8.78. The Hall–Kier alpha value is -0.550. The number of fused-ring (bicyclic) bond motifs is 2. The van der Waals surface area contributed by atoms with Crippen LogP contribution in [-0.2, 0) is 0 Å². The van der Waals surface area contributed by atoms with Crippen LogP contribution in [-0.4, -0.2) is 24.0 Å². The van der Waals surface area contributed by atoms with E-state index in [1.807, 2.05) is 0 Å². The van der Waals surface area contributed by atoms with Crippen LogP contribution in [0.15, 0.2) is 0 Å². The molecule has 10 heavy (non-hydrogen) atoms. The molecule has 0 saturated carbocycles. The average molecular weight is 136 g/mol. The van der Waals surface area contributed by atoms with Crippen LogP contribution in [0.4, 0.5) is 0 Å². The number of rotatable bonds is 0. The van der Waals surface area contributed by atoms with Crippen LogP contribution in [0.5, 0.6) is 0 Å². The first-order valence-corrected chi connectivity index (χ1v) is 4.05. The maximum absolute atomic E-state index is 8.78. The maximum Gasteiger partial charge on any atom is 0.101 e. The van der Waals surface area contributed by atoms with E-state index in [2.05, 4.69) is 11.0 Å². The van der Waals surface area contributed by atoms with E-state index in [1.165, 1.54) is 25.8 Å². The third-order valence-corrected chi connectivity index (χ3v) is 2.78. The number of hydrogen-bond donors (Lipinski definition) is 0. The van der Waals surface area contributed by atoms with E-state index in [0.29, 0.717) is 5.92 Å². The molecule has 2 bridgehead atoms. The quantitative estimate of drug-likeness (QED) is 0.496. The number of piperidine rings is 1. The van der Waals surface area contributed by atoms with Gasteiger partial charge in [0.15, 0.2) is 0 Å². The molecular weight excluding hydrogens is 124 g/mol. The fraction of sp³-hybridized carbons (Fsp3) is 0.875. The van der Waals surface area contributed by atoms with Crippen molar-refractivity contribution in [1.29, 1.82) is 5.26 Å². The molecule has 0 amide bonds. The molecule has 0 radical (unpaired) electrons. The van der Waals surface area contributed by atoms with E-state index in [1.54, 1.807) is 0 Å². The van der Waals surface area contributed by atoms with Gasteiger partial charge in [0.1, 0.15) is 6.04 Å². The van der Waals surface area contributed by atoms with Gasteiger partial charge in [-0.1, -0.05) is 0 Å². The Balaban J connectivity index is 2.15. The third-order valence-electron chi connectivity index (χ3n) is 2.78. The molecule has 2 saturated heterocycles. The molecule has 2 heterocycles. The fourth-order valence-corrected chi connectivity index (χ4v) is 2.22. The van der Waals surface area contributed by atoms with E-state index in [9.17, 15) is 0 Å². The highest BCUT2D eigenvalue weighted by Crippen LogP contribution is 2.32. The van der Waals surface area contributed by atoms with Crippen LogP contribution in [0.1, 0.15) is 19.3 Å². The summed E-state index contributed by atoms with van der Waals surface area (Å²) in [5.41, 5.74) is 0. The predicted molar refractivity (Wildman–Crippen MR) is 38.3 cm³/mol. The molecule has 2 heteroatoms. The summed E-state index contributed by atoms with van der Waals surface area (Å²) in [6.07, 6.45) is 3.86. The molecule has 0 N–H and O–H groups in total. The average Bonchev–Trinajstić information content (AvgIpc) is 2.19. The maximum atomic E-state index is 8.78. The SMILES string of the molecule is N#CC1C2CCCN1CC2. The van der Waals surface area contributed by atoms with Gasteiger partial charge < -0.3 is 0 Å². The molecular formula is C8H12N2. The fourth-order valence-electron chi connectivity index (χ4n) is 2.22. The molecule has 3 unspecified atom stereocenters. The molecule has 0 aromatic rings. The molecule has 2 fully saturated rings. The van der Waals surface area contributed by atoms with Crippen LogP contribution < -0.4 is 0 Å². The summed E-state index contributed by atoms with van der Waals surface area (Å²) < 4.78 is 0. The van der Waals surface area contributed by atoms with Gasteiger partial charge in [0.25, 0.3) is 0 Å². The molecule has 0 aromatic carbocycles. The Morgan fingerprint density at radius 3 is 2.80 bits per heavy atom. The summed E-state index contributed by atoms with van der Waals surface area (Å²) in [6.45, 7) is 2.33. The van der Waals surface area contributed by atoms with Crippen LogP contribution in [0.3, 0.4) is 0 Å². The lowest BCUT2D eigenvalue weighted by Crippen LogP contribution is -2.36. The first-order valence-electron chi connectivity index (χ1n) is 4.05. The number of nitrogens with zero attached hydrogens (tertiary/aromatic N) is 2. The van der Waals surface area contributed by atoms with Crippen LogP contribution in [0.25, 0.3) is 0 Å². The monoisotopic (exact) mass is 136 g/mol. The minimum Gasteiger partial charge on any atom is -0.288 e. The molecule has 2 rings (SSSR count). The number of hydrogen-bond acceptors (Lipinski definition) is 2. The van der Waals surface area contributed by atoms with E-state index in [4.69, 9.17) is 5.26 Å². The zero-order valence-electron chi connectivity index (χ0n) is 6.08. The highest BCUT2D eigenvalue weighted by molar-refractivity contribution is 5.03. The Kier molecular flexibility index (Phi) is 1.39. The number of nitriles is 1. The van der Waals surface area contributed by atoms with E-state index < -0.39 is 0 Å². The van der Waals surface area contributed by atoms with Gasteiger partial charge in [0, 0.05) is 0 Å². The van der Waals surface area contributed by atoms with Crippen molar-refractivity contribution in [2.45, 2.75) is 25.3 Å². The molecule has 2 aliphatic rings.